The minimum absolute atomic E-state index is 0.0590. The van der Waals surface area contributed by atoms with Crippen LogP contribution in [0.5, 0.6) is 0 Å². The Morgan fingerprint density at radius 3 is 2.67 bits per heavy atom. The van der Waals surface area contributed by atoms with E-state index in [1.165, 1.54) is 6.20 Å². The summed E-state index contributed by atoms with van der Waals surface area (Å²) in [5.41, 5.74) is 0. The van der Waals surface area contributed by atoms with E-state index in [9.17, 15) is 4.79 Å². The molecule has 12 heavy (non-hydrogen) atoms. The van der Waals surface area contributed by atoms with Gasteiger partial charge in [-0.2, -0.15) is 0 Å². The fourth-order valence-electron chi connectivity index (χ4n) is 0.900. The summed E-state index contributed by atoms with van der Waals surface area (Å²) >= 11 is 0. The topological polar surface area (TPSA) is 32.3 Å². The molecule has 0 bridgehead atoms. The molecule has 0 saturated carbocycles. The van der Waals surface area contributed by atoms with Crippen molar-refractivity contribution in [3.63, 3.8) is 0 Å². The number of nitrogens with one attached hydrogen (secondary N) is 1. The smallest absolute Gasteiger partial charge is 0.223 e. The molecule has 0 radical (unpaired) electrons. The Bertz CT molecular complexity index is 143. The van der Waals surface area contributed by atoms with Gasteiger partial charge in [0, 0.05) is 6.42 Å². The van der Waals surface area contributed by atoms with Crippen molar-refractivity contribution in [2.75, 3.05) is 20.6 Å². The van der Waals surface area contributed by atoms with E-state index in [0.717, 1.165) is 19.4 Å². The van der Waals surface area contributed by atoms with Crippen LogP contribution in [0.4, 0.5) is 0 Å². The van der Waals surface area contributed by atoms with Crippen LogP contribution in [0.2, 0.25) is 0 Å². The lowest BCUT2D eigenvalue weighted by Crippen LogP contribution is -2.17. The van der Waals surface area contributed by atoms with E-state index in [4.69, 9.17) is 0 Å². The Morgan fingerprint density at radius 1 is 1.50 bits per heavy atom. The van der Waals surface area contributed by atoms with Crippen LogP contribution in [-0.4, -0.2) is 31.4 Å². The monoisotopic (exact) mass is 170 g/mol. The van der Waals surface area contributed by atoms with Crippen molar-refractivity contribution >= 4 is 5.91 Å². The van der Waals surface area contributed by atoms with Gasteiger partial charge in [-0.3, -0.25) is 4.79 Å². The van der Waals surface area contributed by atoms with E-state index in [-0.39, 0.29) is 5.91 Å². The molecule has 0 saturated heterocycles. The number of hydrogen-bond acceptors (Lipinski definition) is 2. The number of amides is 1. The van der Waals surface area contributed by atoms with Gasteiger partial charge in [-0.1, -0.05) is 6.58 Å². The van der Waals surface area contributed by atoms with Crippen molar-refractivity contribution in [3.8, 4) is 0 Å². The number of nitrogens with zero attached hydrogens (tertiary/aromatic N) is 1. The lowest BCUT2D eigenvalue weighted by molar-refractivity contribution is -0.120. The summed E-state index contributed by atoms with van der Waals surface area (Å²) in [6, 6.07) is 0. The van der Waals surface area contributed by atoms with E-state index in [1.807, 2.05) is 14.1 Å². The molecule has 0 aliphatic rings. The standard InChI is InChI=1S/C9H18N2O/c1-4-10-9(12)7-5-6-8-11(2)3/h4H,1,5-8H2,2-3H3,(H,10,12). The highest BCUT2D eigenvalue weighted by atomic mass is 16.1. The number of carbonyl (C=O) groups excluding carboxylic acids is 1. The van der Waals surface area contributed by atoms with Crippen LogP contribution in [0.3, 0.4) is 0 Å². The first kappa shape index (κ1) is 11.2. The number of hydrogen-bond donors (Lipinski definition) is 1. The van der Waals surface area contributed by atoms with Crippen LogP contribution >= 0.6 is 0 Å². The lowest BCUT2D eigenvalue weighted by Gasteiger charge is -2.07. The third-order valence-electron chi connectivity index (χ3n) is 1.52. The van der Waals surface area contributed by atoms with E-state index in [0.29, 0.717) is 6.42 Å². The predicted octanol–water partition coefficient (Wildman–Crippen LogP) is 0.978. The maximum atomic E-state index is 10.9. The summed E-state index contributed by atoms with van der Waals surface area (Å²) in [4.78, 5) is 13.0. The Balaban J connectivity index is 3.19. The van der Waals surface area contributed by atoms with Gasteiger partial charge in [-0.25, -0.2) is 0 Å². The van der Waals surface area contributed by atoms with Crippen LogP contribution in [0, 0.1) is 0 Å². The van der Waals surface area contributed by atoms with Crippen LogP contribution < -0.4 is 5.32 Å². The lowest BCUT2D eigenvalue weighted by atomic mass is 10.2. The first-order valence-corrected chi connectivity index (χ1v) is 4.22. The maximum absolute atomic E-state index is 10.9. The highest BCUT2D eigenvalue weighted by Crippen LogP contribution is 1.95. The van der Waals surface area contributed by atoms with Gasteiger partial charge in [0.1, 0.15) is 0 Å². The highest BCUT2D eigenvalue weighted by Gasteiger charge is 1.97. The van der Waals surface area contributed by atoms with E-state index >= 15 is 0 Å². The molecule has 0 unspecified atom stereocenters. The molecule has 0 aromatic carbocycles. The van der Waals surface area contributed by atoms with E-state index < -0.39 is 0 Å². The molecule has 3 heteroatoms. The zero-order valence-corrected chi connectivity index (χ0v) is 7.97. The average Bonchev–Trinajstić information content (AvgIpc) is 1.98. The molecular formula is C9H18N2O. The molecule has 0 spiro atoms. The molecule has 0 rings (SSSR count). The SMILES string of the molecule is C=CNC(=O)CCCCN(C)C. The van der Waals surface area contributed by atoms with Gasteiger partial charge >= 0.3 is 0 Å². The molecule has 0 aromatic heterocycles. The van der Waals surface area contributed by atoms with Crippen molar-refractivity contribution in [2.45, 2.75) is 19.3 Å². The summed E-state index contributed by atoms with van der Waals surface area (Å²) < 4.78 is 0. The number of rotatable bonds is 6. The molecular weight excluding hydrogens is 152 g/mol. The Hall–Kier alpha value is -0.830. The van der Waals surface area contributed by atoms with Gasteiger partial charge in [0.15, 0.2) is 0 Å². The van der Waals surface area contributed by atoms with Crippen LogP contribution in [0.25, 0.3) is 0 Å². The highest BCUT2D eigenvalue weighted by molar-refractivity contribution is 5.76. The summed E-state index contributed by atoms with van der Waals surface area (Å²) in [6.45, 7) is 4.46. The second-order valence-electron chi connectivity index (χ2n) is 3.03. The molecule has 0 heterocycles. The normalized spacial score (nSPS) is 9.92. The molecule has 0 aromatic rings. The quantitative estimate of drug-likeness (QED) is 0.603. The summed E-state index contributed by atoms with van der Waals surface area (Å²) in [6.07, 6.45) is 4.03. The summed E-state index contributed by atoms with van der Waals surface area (Å²) in [5.74, 6) is 0.0590. The van der Waals surface area contributed by atoms with Gasteiger partial charge in [-0.05, 0) is 39.7 Å². The first-order chi connectivity index (χ1) is 5.66. The number of carbonyl (C=O) groups is 1. The molecule has 0 fully saturated rings. The minimum Gasteiger partial charge on any atom is -0.333 e. The molecule has 70 valence electrons. The van der Waals surface area contributed by atoms with Gasteiger partial charge in [0.2, 0.25) is 5.91 Å². The predicted molar refractivity (Wildman–Crippen MR) is 50.7 cm³/mol. The third kappa shape index (κ3) is 7.28. The van der Waals surface area contributed by atoms with Crippen molar-refractivity contribution in [1.29, 1.82) is 0 Å². The minimum atomic E-state index is 0.0590. The molecule has 0 aliphatic heterocycles. The van der Waals surface area contributed by atoms with Gasteiger partial charge in [0.25, 0.3) is 0 Å². The van der Waals surface area contributed by atoms with Crippen molar-refractivity contribution < 1.29 is 4.79 Å². The Morgan fingerprint density at radius 2 is 2.17 bits per heavy atom. The first-order valence-electron chi connectivity index (χ1n) is 4.22. The zero-order valence-electron chi connectivity index (χ0n) is 7.97. The Kier molecular flexibility index (Phi) is 6.38. The second kappa shape index (κ2) is 6.85. The third-order valence-corrected chi connectivity index (χ3v) is 1.52. The molecule has 1 N–H and O–H groups in total. The molecule has 0 aliphatic carbocycles. The average molecular weight is 170 g/mol. The Labute approximate surface area is 74.4 Å². The fourth-order valence-corrected chi connectivity index (χ4v) is 0.900. The van der Waals surface area contributed by atoms with E-state index in [1.54, 1.807) is 0 Å². The van der Waals surface area contributed by atoms with Crippen LogP contribution in [0.1, 0.15) is 19.3 Å². The summed E-state index contributed by atoms with van der Waals surface area (Å²) in [5, 5.41) is 2.54. The van der Waals surface area contributed by atoms with Crippen molar-refractivity contribution in [1.82, 2.24) is 10.2 Å². The molecule has 1 amide bonds. The molecule has 0 atom stereocenters. The van der Waals surface area contributed by atoms with Crippen LogP contribution in [0.15, 0.2) is 12.8 Å². The van der Waals surface area contributed by atoms with Crippen molar-refractivity contribution in [3.05, 3.63) is 12.8 Å². The molecule has 3 nitrogen and oxygen atoms in total. The van der Waals surface area contributed by atoms with Gasteiger partial charge in [-0.15, -0.1) is 0 Å². The summed E-state index contributed by atoms with van der Waals surface area (Å²) in [7, 11) is 4.06. The second-order valence-corrected chi connectivity index (χ2v) is 3.03. The van der Waals surface area contributed by atoms with Gasteiger partial charge in [0.05, 0.1) is 0 Å². The van der Waals surface area contributed by atoms with Gasteiger partial charge < -0.3 is 10.2 Å². The maximum Gasteiger partial charge on any atom is 0.223 e. The zero-order chi connectivity index (χ0) is 9.40. The van der Waals surface area contributed by atoms with Crippen LogP contribution in [-0.2, 0) is 4.79 Å². The number of unbranched alkanes of at least 4 members (excludes halogenated alkanes) is 1. The van der Waals surface area contributed by atoms with E-state index in [2.05, 4.69) is 16.8 Å². The largest absolute Gasteiger partial charge is 0.333 e. The fraction of sp³-hybridized carbons (Fsp3) is 0.667. The van der Waals surface area contributed by atoms with Crippen molar-refractivity contribution in [2.24, 2.45) is 0 Å².